The molecule has 0 aromatic heterocycles. The van der Waals surface area contributed by atoms with Crippen LogP contribution >= 0.6 is 0 Å². The number of rotatable bonds is 9. The van der Waals surface area contributed by atoms with Gasteiger partial charge in [-0.25, -0.2) is 5.84 Å². The van der Waals surface area contributed by atoms with Gasteiger partial charge < -0.3 is 5.11 Å². The summed E-state index contributed by atoms with van der Waals surface area (Å²) in [6.07, 6.45) is 2.58. The Balaban J connectivity index is 2.55. The normalized spacial score (nSPS) is 10.8. The lowest BCUT2D eigenvalue weighted by Gasteiger charge is -2.21. The molecule has 0 spiro atoms. The molecular formula is C15H25N3O2. The summed E-state index contributed by atoms with van der Waals surface area (Å²) < 4.78 is 0. The van der Waals surface area contributed by atoms with Crippen molar-refractivity contribution in [2.75, 3.05) is 19.7 Å². The lowest BCUT2D eigenvalue weighted by Crippen LogP contribution is -2.31. The predicted molar refractivity (Wildman–Crippen MR) is 79.7 cm³/mol. The molecule has 0 atom stereocenters. The molecule has 0 fully saturated rings. The van der Waals surface area contributed by atoms with E-state index in [1.807, 2.05) is 24.3 Å². The van der Waals surface area contributed by atoms with Crippen LogP contribution in [0.25, 0.3) is 0 Å². The lowest BCUT2D eigenvalue weighted by molar-refractivity contribution is -0.120. The third-order valence-corrected chi connectivity index (χ3v) is 3.20. The fourth-order valence-corrected chi connectivity index (χ4v) is 2.05. The first-order valence-corrected chi connectivity index (χ1v) is 7.10. The van der Waals surface area contributed by atoms with Crippen molar-refractivity contribution < 1.29 is 9.90 Å². The number of benzene rings is 1. The number of nitrogens with one attached hydrogen (secondary N) is 1. The standard InChI is InChI=1S/C15H25N3O2/c1-2-3-8-18(9-10-19)12-14-6-4-13(5-7-14)11-15(20)17-16/h4-7,19H,2-3,8-12,16H2,1H3,(H,17,20). The van der Waals surface area contributed by atoms with Gasteiger partial charge in [0.2, 0.25) is 5.91 Å². The molecule has 1 rings (SSSR count). The molecule has 1 aromatic rings. The van der Waals surface area contributed by atoms with Crippen molar-refractivity contribution in [1.29, 1.82) is 0 Å². The summed E-state index contributed by atoms with van der Waals surface area (Å²) in [6.45, 7) is 4.85. The second-order valence-corrected chi connectivity index (χ2v) is 4.91. The van der Waals surface area contributed by atoms with Crippen LogP contribution in [0.1, 0.15) is 30.9 Å². The third kappa shape index (κ3) is 6.14. The highest BCUT2D eigenvalue weighted by Crippen LogP contribution is 2.09. The van der Waals surface area contributed by atoms with E-state index < -0.39 is 0 Å². The van der Waals surface area contributed by atoms with Crippen LogP contribution in [0.4, 0.5) is 0 Å². The van der Waals surface area contributed by atoms with Crippen molar-refractivity contribution in [3.8, 4) is 0 Å². The van der Waals surface area contributed by atoms with Gasteiger partial charge in [-0.05, 0) is 24.1 Å². The highest BCUT2D eigenvalue weighted by molar-refractivity contribution is 5.77. The molecule has 0 saturated heterocycles. The second kappa shape index (κ2) is 9.47. The molecule has 0 aliphatic heterocycles. The topological polar surface area (TPSA) is 78.6 Å². The van der Waals surface area contributed by atoms with E-state index in [4.69, 9.17) is 10.9 Å². The highest BCUT2D eigenvalue weighted by Gasteiger charge is 2.06. The Morgan fingerprint density at radius 1 is 1.25 bits per heavy atom. The summed E-state index contributed by atoms with van der Waals surface area (Å²) in [5, 5.41) is 9.09. The van der Waals surface area contributed by atoms with E-state index in [1.54, 1.807) is 0 Å². The summed E-state index contributed by atoms with van der Waals surface area (Å²) in [4.78, 5) is 13.4. The van der Waals surface area contributed by atoms with Crippen molar-refractivity contribution in [2.24, 2.45) is 5.84 Å². The van der Waals surface area contributed by atoms with Crippen molar-refractivity contribution in [3.05, 3.63) is 35.4 Å². The Morgan fingerprint density at radius 3 is 2.45 bits per heavy atom. The average molecular weight is 279 g/mol. The number of nitrogens with two attached hydrogens (primary N) is 1. The molecular weight excluding hydrogens is 254 g/mol. The van der Waals surface area contributed by atoms with E-state index in [9.17, 15) is 4.79 Å². The van der Waals surface area contributed by atoms with Gasteiger partial charge in [0, 0.05) is 13.1 Å². The molecule has 0 bridgehead atoms. The predicted octanol–water partition coefficient (Wildman–Crippen LogP) is 0.813. The van der Waals surface area contributed by atoms with Gasteiger partial charge in [-0.3, -0.25) is 15.1 Å². The van der Waals surface area contributed by atoms with Gasteiger partial charge in [0.05, 0.1) is 13.0 Å². The van der Waals surface area contributed by atoms with E-state index in [0.29, 0.717) is 13.0 Å². The number of carbonyl (C=O) groups excluding carboxylic acids is 1. The lowest BCUT2D eigenvalue weighted by atomic mass is 10.1. The first-order chi connectivity index (χ1) is 9.69. The third-order valence-electron chi connectivity index (χ3n) is 3.20. The number of amides is 1. The van der Waals surface area contributed by atoms with Crippen LogP contribution in [0.15, 0.2) is 24.3 Å². The smallest absolute Gasteiger partial charge is 0.238 e. The molecule has 1 amide bonds. The number of hydrogen-bond acceptors (Lipinski definition) is 4. The summed E-state index contributed by atoms with van der Waals surface area (Å²) in [6, 6.07) is 7.94. The first-order valence-electron chi connectivity index (χ1n) is 7.10. The molecule has 0 unspecified atom stereocenters. The Morgan fingerprint density at radius 2 is 1.90 bits per heavy atom. The van der Waals surface area contributed by atoms with Crippen LogP contribution in [0.2, 0.25) is 0 Å². The van der Waals surface area contributed by atoms with E-state index in [2.05, 4.69) is 17.2 Å². The van der Waals surface area contributed by atoms with E-state index in [-0.39, 0.29) is 12.5 Å². The van der Waals surface area contributed by atoms with Crippen molar-refractivity contribution >= 4 is 5.91 Å². The summed E-state index contributed by atoms with van der Waals surface area (Å²) >= 11 is 0. The molecule has 0 aliphatic rings. The minimum Gasteiger partial charge on any atom is -0.395 e. The Labute approximate surface area is 120 Å². The molecule has 5 heteroatoms. The molecule has 1 aromatic carbocycles. The van der Waals surface area contributed by atoms with Gasteiger partial charge in [0.1, 0.15) is 0 Å². The molecule has 0 aliphatic carbocycles. The summed E-state index contributed by atoms with van der Waals surface area (Å²) in [5.74, 6) is 4.87. The maximum Gasteiger partial charge on any atom is 0.238 e. The van der Waals surface area contributed by atoms with E-state index in [1.165, 1.54) is 5.56 Å². The quantitative estimate of drug-likeness (QED) is 0.355. The summed E-state index contributed by atoms with van der Waals surface area (Å²) in [5.41, 5.74) is 4.26. The molecule has 0 radical (unpaired) electrons. The summed E-state index contributed by atoms with van der Waals surface area (Å²) in [7, 11) is 0. The van der Waals surface area contributed by atoms with Gasteiger partial charge in [-0.1, -0.05) is 37.6 Å². The van der Waals surface area contributed by atoms with Crippen LogP contribution in [-0.4, -0.2) is 35.6 Å². The van der Waals surface area contributed by atoms with E-state index >= 15 is 0 Å². The van der Waals surface area contributed by atoms with E-state index in [0.717, 1.165) is 31.5 Å². The largest absolute Gasteiger partial charge is 0.395 e. The number of aliphatic hydroxyl groups excluding tert-OH is 1. The maximum atomic E-state index is 11.2. The fraction of sp³-hybridized carbons (Fsp3) is 0.533. The van der Waals surface area contributed by atoms with Crippen LogP contribution in [-0.2, 0) is 17.8 Å². The zero-order valence-corrected chi connectivity index (χ0v) is 12.1. The maximum absolute atomic E-state index is 11.2. The number of nitrogens with zero attached hydrogens (tertiary/aromatic N) is 1. The molecule has 5 nitrogen and oxygen atoms in total. The Kier molecular flexibility index (Phi) is 7.87. The molecule has 0 heterocycles. The zero-order chi connectivity index (χ0) is 14.8. The van der Waals surface area contributed by atoms with Crippen LogP contribution in [0, 0.1) is 0 Å². The second-order valence-electron chi connectivity index (χ2n) is 4.91. The minimum atomic E-state index is -0.192. The Hall–Kier alpha value is -1.43. The molecule has 0 saturated carbocycles. The SMILES string of the molecule is CCCCN(CCO)Cc1ccc(CC(=O)NN)cc1. The highest BCUT2D eigenvalue weighted by atomic mass is 16.3. The van der Waals surface area contributed by atoms with Crippen LogP contribution in [0.5, 0.6) is 0 Å². The monoisotopic (exact) mass is 279 g/mol. The first kappa shape index (κ1) is 16.6. The minimum absolute atomic E-state index is 0.179. The van der Waals surface area contributed by atoms with Gasteiger partial charge in [0.15, 0.2) is 0 Å². The number of hydrogen-bond donors (Lipinski definition) is 3. The van der Waals surface area contributed by atoms with Crippen molar-refractivity contribution in [3.63, 3.8) is 0 Å². The van der Waals surface area contributed by atoms with Crippen LogP contribution in [0.3, 0.4) is 0 Å². The molecule has 4 N–H and O–H groups in total. The number of aliphatic hydroxyl groups is 1. The molecule has 20 heavy (non-hydrogen) atoms. The van der Waals surface area contributed by atoms with Gasteiger partial charge >= 0.3 is 0 Å². The van der Waals surface area contributed by atoms with Crippen LogP contribution < -0.4 is 11.3 Å². The number of unbranched alkanes of at least 4 members (excludes halogenated alkanes) is 1. The average Bonchev–Trinajstić information content (AvgIpc) is 2.47. The fourth-order valence-electron chi connectivity index (χ4n) is 2.05. The van der Waals surface area contributed by atoms with Gasteiger partial charge in [-0.2, -0.15) is 0 Å². The zero-order valence-electron chi connectivity index (χ0n) is 12.1. The molecule has 112 valence electrons. The van der Waals surface area contributed by atoms with Crippen molar-refractivity contribution in [2.45, 2.75) is 32.7 Å². The number of hydrazine groups is 1. The van der Waals surface area contributed by atoms with Crippen molar-refractivity contribution in [1.82, 2.24) is 10.3 Å². The Bertz CT molecular complexity index is 393. The van der Waals surface area contributed by atoms with Gasteiger partial charge in [0.25, 0.3) is 0 Å². The van der Waals surface area contributed by atoms with Gasteiger partial charge in [-0.15, -0.1) is 0 Å². The number of carbonyl (C=O) groups is 1.